The lowest BCUT2D eigenvalue weighted by Gasteiger charge is -2.32. The molecule has 0 spiro atoms. The van der Waals surface area contributed by atoms with Crippen LogP contribution in [0, 0.1) is 12.7 Å². The molecule has 2 amide bonds. The van der Waals surface area contributed by atoms with Crippen molar-refractivity contribution in [1.29, 1.82) is 0 Å². The van der Waals surface area contributed by atoms with E-state index in [0.29, 0.717) is 12.2 Å². The van der Waals surface area contributed by atoms with Crippen LogP contribution < -0.4 is 19.1 Å². The zero-order valence-corrected chi connectivity index (χ0v) is 25.6. The number of hydrogen-bond donors (Lipinski definition) is 1. The Morgan fingerprint density at radius 3 is 2.19 bits per heavy atom. The summed E-state index contributed by atoms with van der Waals surface area (Å²) in [5, 5.41) is 2.85. The zero-order chi connectivity index (χ0) is 31.0. The van der Waals surface area contributed by atoms with Gasteiger partial charge in [-0.05, 0) is 57.5 Å². The van der Waals surface area contributed by atoms with E-state index in [4.69, 9.17) is 9.47 Å². The number of hydrogen-bond acceptors (Lipinski definition) is 6. The predicted molar refractivity (Wildman–Crippen MR) is 160 cm³/mol. The summed E-state index contributed by atoms with van der Waals surface area (Å²) in [5.41, 5.74) is 1.33. The number of methoxy groups -OCH3 is 2. The van der Waals surface area contributed by atoms with Crippen LogP contribution in [0.5, 0.6) is 11.5 Å². The molecule has 3 rings (SSSR count). The summed E-state index contributed by atoms with van der Waals surface area (Å²) in [5.74, 6) is -1.12. The fourth-order valence-electron chi connectivity index (χ4n) is 4.20. The average Bonchev–Trinajstić information content (AvgIpc) is 2.98. The van der Waals surface area contributed by atoms with Gasteiger partial charge in [0.05, 0.1) is 24.8 Å². The Balaban J connectivity index is 2.07. The van der Waals surface area contributed by atoms with Crippen molar-refractivity contribution in [2.75, 3.05) is 25.1 Å². The third-order valence-corrected chi connectivity index (χ3v) is 8.78. The minimum atomic E-state index is -4.33. The highest BCUT2D eigenvalue weighted by Crippen LogP contribution is 2.32. The Morgan fingerprint density at radius 1 is 0.952 bits per heavy atom. The second-order valence-corrected chi connectivity index (χ2v) is 11.8. The molecule has 226 valence electrons. The van der Waals surface area contributed by atoms with Crippen LogP contribution in [0.25, 0.3) is 0 Å². The molecular formula is C31H38FN3O6S. The smallest absolute Gasteiger partial charge is 0.264 e. The molecule has 11 heteroatoms. The first kappa shape index (κ1) is 32.4. The number of rotatable bonds is 13. The Labute approximate surface area is 247 Å². The topological polar surface area (TPSA) is 105 Å². The number of sulfonamides is 1. The van der Waals surface area contributed by atoms with E-state index >= 15 is 0 Å². The maximum Gasteiger partial charge on any atom is 0.264 e. The lowest BCUT2D eigenvalue weighted by molar-refractivity contribution is -0.139. The number of anilines is 1. The van der Waals surface area contributed by atoms with Crippen LogP contribution in [-0.2, 0) is 26.2 Å². The van der Waals surface area contributed by atoms with Crippen LogP contribution in [-0.4, -0.2) is 58.0 Å². The van der Waals surface area contributed by atoms with Gasteiger partial charge in [-0.15, -0.1) is 0 Å². The standard InChI is InChI=1S/C31H38FN3O6S/c1-7-22(3)33-31(37)23(4)34(19-24-10-8-9-11-27(24)32)30(36)20-35(25-14-12-21(2)13-15-25)42(38,39)26-16-17-28(40-5)29(18-26)41-6/h8-18,22-23H,7,19-20H2,1-6H3,(H,33,37)/t22-,23+/m1/s1. The maximum absolute atomic E-state index is 14.7. The number of nitrogens with one attached hydrogen (secondary N) is 1. The highest BCUT2D eigenvalue weighted by molar-refractivity contribution is 7.92. The molecule has 2 atom stereocenters. The molecule has 0 heterocycles. The van der Waals surface area contributed by atoms with E-state index in [0.717, 1.165) is 9.87 Å². The Kier molecular flexibility index (Phi) is 10.9. The first-order valence-electron chi connectivity index (χ1n) is 13.6. The fourth-order valence-corrected chi connectivity index (χ4v) is 5.63. The van der Waals surface area contributed by atoms with Crippen LogP contribution in [0.2, 0.25) is 0 Å². The van der Waals surface area contributed by atoms with Gasteiger partial charge in [0, 0.05) is 24.2 Å². The number of carbonyl (C=O) groups excluding carboxylic acids is 2. The SMILES string of the molecule is CC[C@@H](C)NC(=O)[C@H](C)N(Cc1ccccc1F)C(=O)CN(c1ccc(C)cc1)S(=O)(=O)c1ccc(OC)c(OC)c1. The summed E-state index contributed by atoms with van der Waals surface area (Å²) < 4.78 is 54.3. The molecule has 0 saturated carbocycles. The summed E-state index contributed by atoms with van der Waals surface area (Å²) in [7, 11) is -1.50. The van der Waals surface area contributed by atoms with Gasteiger partial charge in [-0.3, -0.25) is 13.9 Å². The first-order chi connectivity index (χ1) is 19.9. The van der Waals surface area contributed by atoms with Gasteiger partial charge in [0.1, 0.15) is 18.4 Å². The monoisotopic (exact) mass is 599 g/mol. The highest BCUT2D eigenvalue weighted by atomic mass is 32.2. The van der Waals surface area contributed by atoms with E-state index in [1.165, 1.54) is 62.4 Å². The minimum Gasteiger partial charge on any atom is -0.493 e. The van der Waals surface area contributed by atoms with Gasteiger partial charge in [-0.1, -0.05) is 42.8 Å². The van der Waals surface area contributed by atoms with E-state index in [1.807, 2.05) is 20.8 Å². The number of ether oxygens (including phenoxy) is 2. The summed E-state index contributed by atoms with van der Waals surface area (Å²) >= 11 is 0. The summed E-state index contributed by atoms with van der Waals surface area (Å²) in [6.45, 7) is 6.26. The zero-order valence-electron chi connectivity index (χ0n) is 24.8. The van der Waals surface area contributed by atoms with Crippen LogP contribution >= 0.6 is 0 Å². The van der Waals surface area contributed by atoms with E-state index in [1.54, 1.807) is 30.3 Å². The van der Waals surface area contributed by atoms with Gasteiger partial charge in [-0.2, -0.15) is 0 Å². The molecule has 0 radical (unpaired) electrons. The molecule has 1 N–H and O–H groups in total. The second kappa shape index (κ2) is 14.2. The largest absolute Gasteiger partial charge is 0.493 e. The van der Waals surface area contributed by atoms with E-state index in [-0.39, 0.29) is 34.5 Å². The molecule has 0 unspecified atom stereocenters. The van der Waals surface area contributed by atoms with Gasteiger partial charge < -0.3 is 19.7 Å². The van der Waals surface area contributed by atoms with Crippen molar-refractivity contribution in [3.8, 4) is 11.5 Å². The van der Waals surface area contributed by atoms with Gasteiger partial charge in [0.15, 0.2) is 11.5 Å². The highest BCUT2D eigenvalue weighted by Gasteiger charge is 2.33. The molecule has 0 aliphatic rings. The third-order valence-electron chi connectivity index (χ3n) is 7.01. The minimum absolute atomic E-state index is 0.128. The number of benzene rings is 3. The lowest BCUT2D eigenvalue weighted by atomic mass is 10.1. The molecular weight excluding hydrogens is 561 g/mol. The molecule has 3 aromatic rings. The first-order valence-corrected chi connectivity index (χ1v) is 15.0. The predicted octanol–water partition coefficient (Wildman–Crippen LogP) is 4.68. The van der Waals surface area contributed by atoms with Crippen LogP contribution in [0.1, 0.15) is 38.3 Å². The molecule has 3 aromatic carbocycles. The maximum atomic E-state index is 14.7. The van der Waals surface area contributed by atoms with Crippen LogP contribution in [0.3, 0.4) is 0 Å². The van der Waals surface area contributed by atoms with E-state index in [2.05, 4.69) is 5.32 Å². The molecule has 0 bridgehead atoms. The van der Waals surface area contributed by atoms with Crippen molar-refractivity contribution in [2.24, 2.45) is 0 Å². The van der Waals surface area contributed by atoms with Crippen molar-refractivity contribution < 1.29 is 31.9 Å². The number of amides is 2. The van der Waals surface area contributed by atoms with Gasteiger partial charge in [0.2, 0.25) is 11.8 Å². The van der Waals surface area contributed by atoms with E-state index < -0.39 is 40.2 Å². The number of carbonyl (C=O) groups is 2. The van der Waals surface area contributed by atoms with Crippen molar-refractivity contribution in [1.82, 2.24) is 10.2 Å². The van der Waals surface area contributed by atoms with Crippen LogP contribution in [0.4, 0.5) is 10.1 Å². The normalized spacial score (nSPS) is 12.6. The molecule has 0 aliphatic carbocycles. The van der Waals surface area contributed by atoms with Gasteiger partial charge >= 0.3 is 0 Å². The van der Waals surface area contributed by atoms with Crippen molar-refractivity contribution in [2.45, 2.75) is 57.6 Å². The summed E-state index contributed by atoms with van der Waals surface area (Å²) in [6.07, 6.45) is 0.671. The number of nitrogens with zero attached hydrogens (tertiary/aromatic N) is 2. The third kappa shape index (κ3) is 7.58. The van der Waals surface area contributed by atoms with Gasteiger partial charge in [0.25, 0.3) is 10.0 Å². The van der Waals surface area contributed by atoms with Gasteiger partial charge in [-0.25, -0.2) is 12.8 Å². The average molecular weight is 600 g/mol. The molecule has 0 aromatic heterocycles. The Morgan fingerprint density at radius 2 is 1.60 bits per heavy atom. The molecule has 0 fully saturated rings. The quantitative estimate of drug-likeness (QED) is 0.306. The van der Waals surface area contributed by atoms with Crippen molar-refractivity contribution in [3.63, 3.8) is 0 Å². The summed E-state index contributed by atoms with van der Waals surface area (Å²) in [6, 6.07) is 15.6. The Bertz CT molecular complexity index is 1500. The Hall–Kier alpha value is -4.12. The second-order valence-electron chi connectivity index (χ2n) is 9.97. The number of halogens is 1. The molecule has 9 nitrogen and oxygen atoms in total. The van der Waals surface area contributed by atoms with Crippen molar-refractivity contribution >= 4 is 27.5 Å². The molecule has 42 heavy (non-hydrogen) atoms. The molecule has 0 saturated heterocycles. The fraction of sp³-hybridized carbons (Fsp3) is 0.355. The van der Waals surface area contributed by atoms with Crippen molar-refractivity contribution in [3.05, 3.63) is 83.7 Å². The van der Waals surface area contributed by atoms with E-state index in [9.17, 15) is 22.4 Å². The summed E-state index contributed by atoms with van der Waals surface area (Å²) in [4.78, 5) is 28.2. The molecule has 0 aliphatic heterocycles. The lowest BCUT2D eigenvalue weighted by Crippen LogP contribution is -2.52. The number of aryl methyl sites for hydroxylation is 1. The van der Waals surface area contributed by atoms with Crippen LogP contribution in [0.15, 0.2) is 71.6 Å².